The third-order valence-electron chi connectivity index (χ3n) is 2.96. The number of carbonyl (C=O) groups is 4. The third-order valence-corrected chi connectivity index (χ3v) is 2.96. The number of nitrogens with zero attached hydrogens (tertiary/aromatic N) is 2. The molecular weight excluding hydrogens is 321 g/mol. The summed E-state index contributed by atoms with van der Waals surface area (Å²) in [5, 5.41) is 8.88. The Bertz CT molecular complexity index is 701. The van der Waals surface area contributed by atoms with Crippen LogP contribution in [0.2, 0.25) is 0 Å². The van der Waals surface area contributed by atoms with Gasteiger partial charge in [0.15, 0.2) is 0 Å². The van der Waals surface area contributed by atoms with Crippen LogP contribution in [0.3, 0.4) is 0 Å². The van der Waals surface area contributed by atoms with E-state index in [0.717, 1.165) is 6.07 Å². The Hall–Kier alpha value is -2.91. The number of halogens is 3. The van der Waals surface area contributed by atoms with Gasteiger partial charge in [-0.3, -0.25) is 14.5 Å². The van der Waals surface area contributed by atoms with Crippen molar-refractivity contribution in [3.05, 3.63) is 29.8 Å². The van der Waals surface area contributed by atoms with E-state index in [0.29, 0.717) is 4.90 Å². The Morgan fingerprint density at radius 1 is 1.17 bits per heavy atom. The molecule has 0 bridgehead atoms. The van der Waals surface area contributed by atoms with E-state index in [-0.39, 0.29) is 16.2 Å². The van der Waals surface area contributed by atoms with Crippen LogP contribution in [0.1, 0.15) is 16.8 Å². The summed E-state index contributed by atoms with van der Waals surface area (Å²) in [6.45, 7) is -1.83. The molecule has 2 rings (SSSR count). The molecule has 1 aromatic carbocycles. The SMILES string of the molecule is O=C(O)c1cccc(N2C(=O)CC(=O)N(CC(F)(F)F)C2=O)c1. The smallest absolute Gasteiger partial charge is 0.406 e. The minimum absolute atomic E-state index is 0.0885. The lowest BCUT2D eigenvalue weighted by Crippen LogP contribution is -2.57. The van der Waals surface area contributed by atoms with E-state index in [4.69, 9.17) is 5.11 Å². The van der Waals surface area contributed by atoms with Crippen LogP contribution in [0, 0.1) is 0 Å². The number of carboxylic acid groups (broad SMARTS) is 1. The van der Waals surface area contributed by atoms with E-state index in [1.165, 1.54) is 18.2 Å². The standard InChI is InChI=1S/C13H9F3N2O5/c14-13(15,16)6-17-9(19)5-10(20)18(12(17)23)8-3-1-2-7(4-8)11(21)22/h1-4H,5-6H2,(H,21,22). The van der Waals surface area contributed by atoms with Gasteiger partial charge in [-0.25, -0.2) is 14.5 Å². The van der Waals surface area contributed by atoms with Crippen LogP contribution < -0.4 is 4.90 Å². The van der Waals surface area contributed by atoms with Gasteiger partial charge in [-0.1, -0.05) is 6.07 Å². The van der Waals surface area contributed by atoms with Crippen molar-refractivity contribution in [3.8, 4) is 0 Å². The molecule has 122 valence electrons. The molecule has 1 N–H and O–H groups in total. The molecule has 1 heterocycles. The van der Waals surface area contributed by atoms with Gasteiger partial charge >= 0.3 is 18.2 Å². The quantitative estimate of drug-likeness (QED) is 0.850. The van der Waals surface area contributed by atoms with Gasteiger partial charge in [0, 0.05) is 0 Å². The monoisotopic (exact) mass is 330 g/mol. The van der Waals surface area contributed by atoms with Crippen LogP contribution in [0.5, 0.6) is 0 Å². The van der Waals surface area contributed by atoms with Crippen LogP contribution in [0.4, 0.5) is 23.7 Å². The molecule has 0 unspecified atom stereocenters. The first kappa shape index (κ1) is 16.5. The predicted octanol–water partition coefficient (Wildman–Crippen LogP) is 1.63. The fraction of sp³-hybridized carbons (Fsp3) is 0.231. The summed E-state index contributed by atoms with van der Waals surface area (Å²) in [5.41, 5.74) is -0.484. The first-order valence-corrected chi connectivity index (χ1v) is 6.17. The molecule has 4 amide bonds. The van der Waals surface area contributed by atoms with Crippen LogP contribution in [0.25, 0.3) is 0 Å². The fourth-order valence-corrected chi connectivity index (χ4v) is 2.01. The number of hydrogen-bond acceptors (Lipinski definition) is 4. The predicted molar refractivity (Wildman–Crippen MR) is 68.7 cm³/mol. The van der Waals surface area contributed by atoms with Crippen LogP contribution >= 0.6 is 0 Å². The highest BCUT2D eigenvalue weighted by molar-refractivity contribution is 6.26. The van der Waals surface area contributed by atoms with Gasteiger partial charge in [-0.2, -0.15) is 13.2 Å². The van der Waals surface area contributed by atoms with Gasteiger partial charge in [-0.15, -0.1) is 0 Å². The molecule has 1 aliphatic heterocycles. The minimum Gasteiger partial charge on any atom is -0.478 e. The molecule has 1 aliphatic rings. The maximum Gasteiger partial charge on any atom is 0.406 e. The largest absolute Gasteiger partial charge is 0.478 e. The first-order chi connectivity index (χ1) is 10.6. The number of aromatic carboxylic acids is 1. The molecule has 0 aromatic heterocycles. The second-order valence-electron chi connectivity index (χ2n) is 4.64. The summed E-state index contributed by atoms with van der Waals surface area (Å²) in [5.74, 6) is -3.63. The highest BCUT2D eigenvalue weighted by atomic mass is 19.4. The van der Waals surface area contributed by atoms with Crippen molar-refractivity contribution in [2.45, 2.75) is 12.6 Å². The summed E-state index contributed by atoms with van der Waals surface area (Å²) in [4.78, 5) is 46.6. The van der Waals surface area contributed by atoms with Gasteiger partial charge < -0.3 is 5.11 Å². The second-order valence-corrected chi connectivity index (χ2v) is 4.64. The highest BCUT2D eigenvalue weighted by Crippen LogP contribution is 2.25. The summed E-state index contributed by atoms with van der Waals surface area (Å²) in [6.07, 6.45) is -5.74. The number of hydrogen-bond donors (Lipinski definition) is 1. The molecule has 0 spiro atoms. The number of benzene rings is 1. The van der Waals surface area contributed by atoms with E-state index in [2.05, 4.69) is 0 Å². The highest BCUT2D eigenvalue weighted by Gasteiger charge is 2.44. The van der Waals surface area contributed by atoms with E-state index < -0.39 is 43.0 Å². The second kappa shape index (κ2) is 5.71. The zero-order valence-corrected chi connectivity index (χ0v) is 11.3. The summed E-state index contributed by atoms with van der Waals surface area (Å²) in [6, 6.07) is 3.09. The van der Waals surface area contributed by atoms with Crippen molar-refractivity contribution in [1.82, 2.24) is 4.90 Å². The Kier molecular flexibility index (Phi) is 4.08. The van der Waals surface area contributed by atoms with E-state index >= 15 is 0 Å². The molecule has 1 aromatic rings. The maximum absolute atomic E-state index is 12.5. The molecule has 0 radical (unpaired) electrons. The Morgan fingerprint density at radius 3 is 2.39 bits per heavy atom. The number of carboxylic acids is 1. The molecule has 1 saturated heterocycles. The molecule has 10 heteroatoms. The number of anilines is 1. The van der Waals surface area contributed by atoms with Crippen molar-refractivity contribution in [1.29, 1.82) is 0 Å². The summed E-state index contributed by atoms with van der Waals surface area (Å²) >= 11 is 0. The van der Waals surface area contributed by atoms with Gasteiger partial charge in [0.25, 0.3) is 0 Å². The Balaban J connectivity index is 2.39. The number of imide groups is 2. The number of rotatable bonds is 3. The van der Waals surface area contributed by atoms with Crippen LogP contribution in [-0.4, -0.2) is 46.5 Å². The molecule has 0 atom stereocenters. The van der Waals surface area contributed by atoms with E-state index in [1.54, 1.807) is 0 Å². The topological polar surface area (TPSA) is 95.0 Å². The zero-order valence-electron chi connectivity index (χ0n) is 11.3. The minimum atomic E-state index is -4.82. The Morgan fingerprint density at radius 2 is 1.83 bits per heavy atom. The molecule has 0 aliphatic carbocycles. The van der Waals surface area contributed by atoms with E-state index in [1.807, 2.05) is 0 Å². The molecular formula is C13H9F3N2O5. The van der Waals surface area contributed by atoms with Gasteiger partial charge in [0.1, 0.15) is 13.0 Å². The maximum atomic E-state index is 12.5. The van der Waals surface area contributed by atoms with Gasteiger partial charge in [0.2, 0.25) is 11.8 Å². The van der Waals surface area contributed by atoms with Crippen LogP contribution in [0.15, 0.2) is 24.3 Å². The van der Waals surface area contributed by atoms with Crippen molar-refractivity contribution >= 4 is 29.5 Å². The van der Waals surface area contributed by atoms with E-state index in [9.17, 15) is 32.3 Å². The zero-order chi connectivity index (χ0) is 17.4. The number of alkyl halides is 3. The molecule has 0 saturated carbocycles. The molecule has 23 heavy (non-hydrogen) atoms. The lowest BCUT2D eigenvalue weighted by Gasteiger charge is -2.33. The Labute approximate surface area is 126 Å². The van der Waals surface area contributed by atoms with Crippen molar-refractivity contribution < 1.29 is 37.5 Å². The number of carbonyl (C=O) groups excluding carboxylic acids is 3. The average Bonchev–Trinajstić information content (AvgIpc) is 2.42. The number of barbiturate groups is 1. The van der Waals surface area contributed by atoms with Gasteiger partial charge in [0.05, 0.1) is 11.3 Å². The first-order valence-electron chi connectivity index (χ1n) is 6.17. The number of urea groups is 1. The lowest BCUT2D eigenvalue weighted by molar-refractivity contribution is -0.157. The average molecular weight is 330 g/mol. The summed E-state index contributed by atoms with van der Waals surface area (Å²) < 4.78 is 37.4. The van der Waals surface area contributed by atoms with Crippen LogP contribution in [-0.2, 0) is 9.59 Å². The third kappa shape index (κ3) is 3.47. The fourth-order valence-electron chi connectivity index (χ4n) is 2.01. The summed E-state index contributed by atoms with van der Waals surface area (Å²) in [7, 11) is 0. The van der Waals surface area contributed by atoms with Crippen molar-refractivity contribution in [2.75, 3.05) is 11.4 Å². The normalized spacial score (nSPS) is 16.0. The molecule has 7 nitrogen and oxygen atoms in total. The number of amides is 4. The van der Waals surface area contributed by atoms with Gasteiger partial charge in [-0.05, 0) is 18.2 Å². The molecule has 1 fully saturated rings. The van der Waals surface area contributed by atoms with Crippen molar-refractivity contribution in [2.24, 2.45) is 0 Å². The van der Waals surface area contributed by atoms with Crippen molar-refractivity contribution in [3.63, 3.8) is 0 Å². The lowest BCUT2D eigenvalue weighted by atomic mass is 10.1.